The third-order valence-corrected chi connectivity index (χ3v) is 4.00. The number of morpholine rings is 1. The summed E-state index contributed by atoms with van der Waals surface area (Å²) in [5, 5.41) is 3.52. The SMILES string of the molecule is COc1ccc(Cl)cc1C(=O)NC(C)CCN1CCOCC1. The summed E-state index contributed by atoms with van der Waals surface area (Å²) >= 11 is 5.96. The van der Waals surface area contributed by atoms with Gasteiger partial charge in [0.2, 0.25) is 0 Å². The molecule has 1 aromatic carbocycles. The summed E-state index contributed by atoms with van der Waals surface area (Å²) in [6.45, 7) is 6.47. The van der Waals surface area contributed by atoms with Gasteiger partial charge in [-0.2, -0.15) is 0 Å². The zero-order valence-corrected chi connectivity index (χ0v) is 13.9. The van der Waals surface area contributed by atoms with Gasteiger partial charge in [0, 0.05) is 30.7 Å². The van der Waals surface area contributed by atoms with Crippen LogP contribution in [0.4, 0.5) is 0 Å². The number of carbonyl (C=O) groups is 1. The summed E-state index contributed by atoms with van der Waals surface area (Å²) < 4.78 is 10.5. The normalized spacial score (nSPS) is 17.0. The Morgan fingerprint density at radius 1 is 1.45 bits per heavy atom. The van der Waals surface area contributed by atoms with E-state index < -0.39 is 0 Å². The van der Waals surface area contributed by atoms with Crippen molar-refractivity contribution in [3.05, 3.63) is 28.8 Å². The lowest BCUT2D eigenvalue weighted by Gasteiger charge is -2.27. The summed E-state index contributed by atoms with van der Waals surface area (Å²) in [7, 11) is 1.54. The quantitative estimate of drug-likeness (QED) is 0.870. The van der Waals surface area contributed by atoms with Gasteiger partial charge in [0.1, 0.15) is 5.75 Å². The molecule has 0 aromatic heterocycles. The zero-order valence-electron chi connectivity index (χ0n) is 13.1. The molecule has 1 fully saturated rings. The number of methoxy groups -OCH3 is 1. The standard InChI is InChI=1S/C16H23ClN2O3/c1-12(5-6-19-7-9-22-10-8-19)18-16(20)14-11-13(17)3-4-15(14)21-2/h3-4,11-12H,5-10H2,1-2H3,(H,18,20). The van der Waals surface area contributed by atoms with E-state index in [9.17, 15) is 4.79 Å². The molecule has 0 saturated carbocycles. The predicted molar refractivity (Wildman–Crippen MR) is 86.8 cm³/mol. The van der Waals surface area contributed by atoms with E-state index in [2.05, 4.69) is 10.2 Å². The van der Waals surface area contributed by atoms with Crippen LogP contribution < -0.4 is 10.1 Å². The van der Waals surface area contributed by atoms with Crippen molar-refractivity contribution in [2.45, 2.75) is 19.4 Å². The Balaban J connectivity index is 1.86. The molecule has 1 N–H and O–H groups in total. The van der Waals surface area contributed by atoms with Gasteiger partial charge in [-0.3, -0.25) is 9.69 Å². The van der Waals surface area contributed by atoms with Crippen molar-refractivity contribution in [2.24, 2.45) is 0 Å². The Morgan fingerprint density at radius 2 is 2.18 bits per heavy atom. The van der Waals surface area contributed by atoms with E-state index in [1.165, 1.54) is 0 Å². The molecule has 1 atom stereocenters. The molecule has 6 heteroatoms. The van der Waals surface area contributed by atoms with Gasteiger partial charge in [-0.1, -0.05) is 11.6 Å². The van der Waals surface area contributed by atoms with E-state index in [1.807, 2.05) is 6.92 Å². The molecule has 1 aliphatic heterocycles. The van der Waals surface area contributed by atoms with Crippen molar-refractivity contribution in [1.29, 1.82) is 0 Å². The minimum absolute atomic E-state index is 0.0824. The third-order valence-electron chi connectivity index (χ3n) is 3.77. The second-order valence-electron chi connectivity index (χ2n) is 5.46. The molecular formula is C16H23ClN2O3. The number of ether oxygens (including phenoxy) is 2. The number of hydrogen-bond donors (Lipinski definition) is 1. The fourth-order valence-electron chi connectivity index (χ4n) is 2.43. The third kappa shape index (κ3) is 4.87. The number of halogens is 1. The van der Waals surface area contributed by atoms with Gasteiger partial charge in [0.15, 0.2) is 0 Å². The first-order valence-electron chi connectivity index (χ1n) is 7.54. The number of hydrogen-bond acceptors (Lipinski definition) is 4. The summed E-state index contributed by atoms with van der Waals surface area (Å²) in [6, 6.07) is 5.12. The molecule has 0 aliphatic carbocycles. The maximum absolute atomic E-state index is 12.4. The topological polar surface area (TPSA) is 50.8 Å². The predicted octanol–water partition coefficient (Wildman–Crippen LogP) is 2.19. The Morgan fingerprint density at radius 3 is 2.86 bits per heavy atom. The molecule has 0 bridgehead atoms. The van der Waals surface area contributed by atoms with Crippen LogP contribution in [0.2, 0.25) is 5.02 Å². The Hall–Kier alpha value is -1.30. The van der Waals surface area contributed by atoms with Crippen LogP contribution in [-0.4, -0.2) is 56.8 Å². The fourth-order valence-corrected chi connectivity index (χ4v) is 2.60. The van der Waals surface area contributed by atoms with Crippen LogP contribution in [-0.2, 0) is 4.74 Å². The van der Waals surface area contributed by atoms with Crippen molar-refractivity contribution in [1.82, 2.24) is 10.2 Å². The van der Waals surface area contributed by atoms with E-state index in [1.54, 1.807) is 25.3 Å². The number of nitrogens with zero attached hydrogens (tertiary/aromatic N) is 1. The van der Waals surface area contributed by atoms with Gasteiger partial charge in [-0.15, -0.1) is 0 Å². The molecule has 2 rings (SSSR count). The van der Waals surface area contributed by atoms with Gasteiger partial charge in [-0.05, 0) is 31.5 Å². The highest BCUT2D eigenvalue weighted by atomic mass is 35.5. The second kappa shape index (κ2) is 8.36. The maximum Gasteiger partial charge on any atom is 0.255 e. The lowest BCUT2D eigenvalue weighted by Crippen LogP contribution is -2.40. The molecule has 0 spiro atoms. The van der Waals surface area contributed by atoms with Crippen LogP contribution in [0.25, 0.3) is 0 Å². The number of rotatable bonds is 6. The van der Waals surface area contributed by atoms with E-state index in [-0.39, 0.29) is 11.9 Å². The highest BCUT2D eigenvalue weighted by molar-refractivity contribution is 6.31. The highest BCUT2D eigenvalue weighted by Crippen LogP contribution is 2.22. The fraction of sp³-hybridized carbons (Fsp3) is 0.562. The first kappa shape index (κ1) is 17.1. The van der Waals surface area contributed by atoms with Gasteiger partial charge >= 0.3 is 0 Å². The van der Waals surface area contributed by atoms with Gasteiger partial charge in [-0.25, -0.2) is 0 Å². The number of benzene rings is 1. The smallest absolute Gasteiger partial charge is 0.255 e. The molecule has 1 amide bonds. The van der Waals surface area contributed by atoms with E-state index >= 15 is 0 Å². The van der Waals surface area contributed by atoms with Crippen molar-refractivity contribution >= 4 is 17.5 Å². The van der Waals surface area contributed by atoms with Crippen LogP contribution in [0.15, 0.2) is 18.2 Å². The van der Waals surface area contributed by atoms with Crippen molar-refractivity contribution in [2.75, 3.05) is 40.0 Å². The van der Waals surface area contributed by atoms with Crippen LogP contribution in [0.1, 0.15) is 23.7 Å². The number of carbonyl (C=O) groups excluding carboxylic acids is 1. The molecule has 1 saturated heterocycles. The molecule has 22 heavy (non-hydrogen) atoms. The molecule has 1 heterocycles. The summed E-state index contributed by atoms with van der Waals surface area (Å²) in [5.41, 5.74) is 0.466. The van der Waals surface area contributed by atoms with Gasteiger partial charge in [0.25, 0.3) is 5.91 Å². The average Bonchev–Trinajstić information content (AvgIpc) is 2.54. The highest BCUT2D eigenvalue weighted by Gasteiger charge is 2.16. The minimum Gasteiger partial charge on any atom is -0.496 e. The largest absolute Gasteiger partial charge is 0.496 e. The number of amides is 1. The lowest BCUT2D eigenvalue weighted by molar-refractivity contribution is 0.0363. The summed E-state index contributed by atoms with van der Waals surface area (Å²) in [4.78, 5) is 14.7. The summed E-state index contributed by atoms with van der Waals surface area (Å²) in [6.07, 6.45) is 0.897. The van der Waals surface area contributed by atoms with Crippen LogP contribution >= 0.6 is 11.6 Å². The van der Waals surface area contributed by atoms with Crippen molar-refractivity contribution in [3.8, 4) is 5.75 Å². The lowest BCUT2D eigenvalue weighted by atomic mass is 10.1. The zero-order chi connectivity index (χ0) is 15.9. The van der Waals surface area contributed by atoms with Crippen LogP contribution in [0.5, 0.6) is 5.75 Å². The Labute approximate surface area is 136 Å². The Kier molecular flexibility index (Phi) is 6.49. The minimum atomic E-state index is -0.158. The van der Waals surface area contributed by atoms with Crippen molar-refractivity contribution < 1.29 is 14.3 Å². The molecule has 5 nitrogen and oxygen atoms in total. The van der Waals surface area contributed by atoms with Gasteiger partial charge in [0.05, 0.1) is 25.9 Å². The van der Waals surface area contributed by atoms with Crippen LogP contribution in [0, 0.1) is 0 Å². The monoisotopic (exact) mass is 326 g/mol. The molecule has 1 aliphatic rings. The number of nitrogens with one attached hydrogen (secondary N) is 1. The van der Waals surface area contributed by atoms with Crippen molar-refractivity contribution in [3.63, 3.8) is 0 Å². The maximum atomic E-state index is 12.4. The second-order valence-corrected chi connectivity index (χ2v) is 5.90. The van der Waals surface area contributed by atoms with Gasteiger partial charge < -0.3 is 14.8 Å². The molecular weight excluding hydrogens is 304 g/mol. The van der Waals surface area contributed by atoms with Crippen LogP contribution in [0.3, 0.4) is 0 Å². The average molecular weight is 327 g/mol. The molecule has 1 aromatic rings. The molecule has 1 unspecified atom stereocenters. The molecule has 0 radical (unpaired) electrons. The summed E-state index contributed by atoms with van der Waals surface area (Å²) in [5.74, 6) is 0.371. The van der Waals surface area contributed by atoms with E-state index in [0.29, 0.717) is 16.3 Å². The molecule has 122 valence electrons. The Bertz CT molecular complexity index is 504. The first-order chi connectivity index (χ1) is 10.6. The van der Waals surface area contributed by atoms with E-state index in [4.69, 9.17) is 21.1 Å². The first-order valence-corrected chi connectivity index (χ1v) is 7.92. The van der Waals surface area contributed by atoms with E-state index in [0.717, 1.165) is 39.3 Å².